The summed E-state index contributed by atoms with van der Waals surface area (Å²) in [6.07, 6.45) is 1.20. The SMILES string of the molecule is C=C(O)CCc1c(N)cc(C)c(N)c1C. The molecule has 0 atom stereocenters. The molecule has 0 bridgehead atoms. The van der Waals surface area contributed by atoms with E-state index in [1.807, 2.05) is 19.9 Å². The summed E-state index contributed by atoms with van der Waals surface area (Å²) in [5.74, 6) is 0.174. The van der Waals surface area contributed by atoms with Crippen LogP contribution in [0.1, 0.15) is 23.1 Å². The number of anilines is 2. The van der Waals surface area contributed by atoms with Crippen molar-refractivity contribution in [2.75, 3.05) is 11.5 Å². The molecule has 0 aliphatic rings. The number of nitrogen functional groups attached to an aromatic ring is 2. The van der Waals surface area contributed by atoms with Crippen LogP contribution in [0.25, 0.3) is 0 Å². The first-order valence-electron chi connectivity index (χ1n) is 4.94. The lowest BCUT2D eigenvalue weighted by Crippen LogP contribution is -2.04. The van der Waals surface area contributed by atoms with Crippen LogP contribution in [0.5, 0.6) is 0 Å². The van der Waals surface area contributed by atoms with E-state index in [4.69, 9.17) is 16.6 Å². The molecule has 0 radical (unpaired) electrons. The van der Waals surface area contributed by atoms with Crippen LogP contribution in [0.4, 0.5) is 11.4 Å². The highest BCUT2D eigenvalue weighted by atomic mass is 16.3. The van der Waals surface area contributed by atoms with E-state index in [1.54, 1.807) is 0 Å². The summed E-state index contributed by atoms with van der Waals surface area (Å²) < 4.78 is 0. The van der Waals surface area contributed by atoms with Crippen molar-refractivity contribution in [2.24, 2.45) is 0 Å². The molecular formula is C12H18N2O. The zero-order valence-electron chi connectivity index (χ0n) is 9.30. The molecule has 3 heteroatoms. The third kappa shape index (κ3) is 2.43. The summed E-state index contributed by atoms with van der Waals surface area (Å²) in [5, 5.41) is 9.05. The van der Waals surface area contributed by atoms with Gasteiger partial charge in [-0.05, 0) is 43.0 Å². The molecule has 3 nitrogen and oxygen atoms in total. The second-order valence-electron chi connectivity index (χ2n) is 3.87. The van der Waals surface area contributed by atoms with Crippen molar-refractivity contribution in [1.82, 2.24) is 0 Å². The van der Waals surface area contributed by atoms with Crippen molar-refractivity contribution in [3.8, 4) is 0 Å². The standard InChI is InChI=1S/C12H18N2O/c1-7-6-11(13)10(5-4-8(2)15)9(3)12(7)14/h6,15H,2,4-5,13-14H2,1,3H3. The molecule has 15 heavy (non-hydrogen) atoms. The lowest BCUT2D eigenvalue weighted by Gasteiger charge is -2.14. The zero-order valence-corrected chi connectivity index (χ0v) is 9.30. The Morgan fingerprint density at radius 2 is 2.00 bits per heavy atom. The first kappa shape index (κ1) is 11.4. The second kappa shape index (κ2) is 4.26. The van der Waals surface area contributed by atoms with E-state index in [0.29, 0.717) is 12.8 Å². The first-order chi connectivity index (χ1) is 6.93. The van der Waals surface area contributed by atoms with Gasteiger partial charge >= 0.3 is 0 Å². The number of rotatable bonds is 3. The molecule has 82 valence electrons. The van der Waals surface area contributed by atoms with Gasteiger partial charge in [-0.25, -0.2) is 0 Å². The van der Waals surface area contributed by atoms with E-state index in [1.165, 1.54) is 0 Å². The number of benzene rings is 1. The molecule has 0 aromatic heterocycles. The van der Waals surface area contributed by atoms with Crippen molar-refractivity contribution in [3.63, 3.8) is 0 Å². The lowest BCUT2D eigenvalue weighted by molar-refractivity contribution is 0.391. The monoisotopic (exact) mass is 206 g/mol. The normalized spacial score (nSPS) is 10.3. The minimum atomic E-state index is 0.174. The molecule has 0 saturated carbocycles. The van der Waals surface area contributed by atoms with Gasteiger partial charge in [0.05, 0.1) is 5.76 Å². The first-order valence-corrected chi connectivity index (χ1v) is 4.94. The minimum Gasteiger partial charge on any atom is -0.513 e. The Bertz CT molecular complexity index is 397. The van der Waals surface area contributed by atoms with Crippen molar-refractivity contribution in [2.45, 2.75) is 26.7 Å². The van der Waals surface area contributed by atoms with E-state index < -0.39 is 0 Å². The van der Waals surface area contributed by atoms with E-state index >= 15 is 0 Å². The topological polar surface area (TPSA) is 72.3 Å². The minimum absolute atomic E-state index is 0.174. The van der Waals surface area contributed by atoms with Crippen molar-refractivity contribution in [1.29, 1.82) is 0 Å². The largest absolute Gasteiger partial charge is 0.513 e. The van der Waals surface area contributed by atoms with Gasteiger partial charge in [0.15, 0.2) is 0 Å². The van der Waals surface area contributed by atoms with Gasteiger partial charge in [-0.1, -0.05) is 6.58 Å². The maximum atomic E-state index is 9.05. The number of aryl methyl sites for hydroxylation is 1. The number of nitrogens with two attached hydrogens (primary N) is 2. The number of aliphatic hydroxyl groups is 1. The maximum absolute atomic E-state index is 9.05. The Morgan fingerprint density at radius 1 is 1.40 bits per heavy atom. The third-order valence-electron chi connectivity index (χ3n) is 2.67. The van der Waals surface area contributed by atoms with Gasteiger partial charge in [0, 0.05) is 17.8 Å². The van der Waals surface area contributed by atoms with Crippen LogP contribution < -0.4 is 11.5 Å². The zero-order chi connectivity index (χ0) is 11.6. The summed E-state index contributed by atoms with van der Waals surface area (Å²) in [5.41, 5.74) is 16.4. The summed E-state index contributed by atoms with van der Waals surface area (Å²) >= 11 is 0. The van der Waals surface area contributed by atoms with Crippen LogP contribution in [0.15, 0.2) is 18.4 Å². The molecule has 1 aromatic carbocycles. The van der Waals surface area contributed by atoms with Gasteiger partial charge in [-0.3, -0.25) is 0 Å². The Hall–Kier alpha value is -1.64. The van der Waals surface area contributed by atoms with Gasteiger partial charge in [-0.2, -0.15) is 0 Å². The molecule has 0 amide bonds. The molecule has 0 heterocycles. The Morgan fingerprint density at radius 3 is 2.53 bits per heavy atom. The highest BCUT2D eigenvalue weighted by Crippen LogP contribution is 2.27. The Labute approximate surface area is 90.4 Å². The molecule has 0 aliphatic heterocycles. The summed E-state index contributed by atoms with van der Waals surface area (Å²) in [6, 6.07) is 1.87. The number of aliphatic hydroxyl groups excluding tert-OH is 1. The smallest absolute Gasteiger partial charge is 0.0854 e. The molecule has 0 aliphatic carbocycles. The van der Waals surface area contributed by atoms with E-state index in [9.17, 15) is 0 Å². The molecule has 1 aromatic rings. The number of hydrogen-bond donors (Lipinski definition) is 3. The van der Waals surface area contributed by atoms with Crippen LogP contribution in [-0.2, 0) is 6.42 Å². The van der Waals surface area contributed by atoms with Gasteiger partial charge in [0.2, 0.25) is 0 Å². The molecular weight excluding hydrogens is 188 g/mol. The van der Waals surface area contributed by atoms with E-state index in [-0.39, 0.29) is 5.76 Å². The van der Waals surface area contributed by atoms with Crippen molar-refractivity contribution >= 4 is 11.4 Å². The molecule has 0 saturated heterocycles. The maximum Gasteiger partial charge on any atom is 0.0854 e. The average Bonchev–Trinajstić information content (AvgIpc) is 2.14. The molecule has 0 unspecified atom stereocenters. The van der Waals surface area contributed by atoms with Gasteiger partial charge < -0.3 is 16.6 Å². The van der Waals surface area contributed by atoms with Crippen LogP contribution in [0.3, 0.4) is 0 Å². The van der Waals surface area contributed by atoms with Crippen molar-refractivity contribution < 1.29 is 5.11 Å². The Kier molecular flexibility index (Phi) is 3.24. The van der Waals surface area contributed by atoms with Crippen LogP contribution >= 0.6 is 0 Å². The summed E-state index contributed by atoms with van der Waals surface area (Å²) in [6.45, 7) is 7.34. The highest BCUT2D eigenvalue weighted by Gasteiger charge is 2.09. The third-order valence-corrected chi connectivity index (χ3v) is 2.67. The van der Waals surface area contributed by atoms with Gasteiger partial charge in [-0.15, -0.1) is 0 Å². The second-order valence-corrected chi connectivity index (χ2v) is 3.87. The van der Waals surface area contributed by atoms with Gasteiger partial charge in [0.1, 0.15) is 0 Å². The average molecular weight is 206 g/mol. The Balaban J connectivity index is 3.07. The van der Waals surface area contributed by atoms with Crippen LogP contribution in [-0.4, -0.2) is 5.11 Å². The lowest BCUT2D eigenvalue weighted by atomic mass is 9.97. The fourth-order valence-corrected chi connectivity index (χ4v) is 1.67. The molecule has 1 rings (SSSR count). The number of hydrogen-bond acceptors (Lipinski definition) is 3. The van der Waals surface area contributed by atoms with E-state index in [0.717, 1.165) is 28.1 Å². The molecule has 5 N–H and O–H groups in total. The molecule has 0 fully saturated rings. The fourth-order valence-electron chi connectivity index (χ4n) is 1.67. The van der Waals surface area contributed by atoms with Crippen LogP contribution in [0.2, 0.25) is 0 Å². The van der Waals surface area contributed by atoms with Crippen LogP contribution in [0, 0.1) is 13.8 Å². The predicted molar refractivity (Wildman–Crippen MR) is 64.8 cm³/mol. The number of allylic oxidation sites excluding steroid dienone is 1. The summed E-state index contributed by atoms with van der Waals surface area (Å²) in [4.78, 5) is 0. The molecule has 0 spiro atoms. The highest BCUT2D eigenvalue weighted by molar-refractivity contribution is 5.65. The van der Waals surface area contributed by atoms with Crippen molar-refractivity contribution in [3.05, 3.63) is 35.1 Å². The van der Waals surface area contributed by atoms with E-state index in [2.05, 4.69) is 6.58 Å². The predicted octanol–water partition coefficient (Wildman–Crippen LogP) is 2.47. The van der Waals surface area contributed by atoms with Gasteiger partial charge in [0.25, 0.3) is 0 Å². The summed E-state index contributed by atoms with van der Waals surface area (Å²) in [7, 11) is 0. The quantitative estimate of drug-likeness (QED) is 0.525. The fraction of sp³-hybridized carbons (Fsp3) is 0.333.